The van der Waals surface area contributed by atoms with Crippen LogP contribution in [0.15, 0.2) is 18.2 Å². The van der Waals surface area contributed by atoms with Gasteiger partial charge in [0, 0.05) is 18.8 Å². The third kappa shape index (κ3) is 4.41. The second kappa shape index (κ2) is 7.42. The van der Waals surface area contributed by atoms with Gasteiger partial charge in [-0.25, -0.2) is 0 Å². The zero-order valence-corrected chi connectivity index (χ0v) is 13.9. The smallest absolute Gasteiger partial charge is 0.335 e. The first-order chi connectivity index (χ1) is 11.2. The van der Waals surface area contributed by atoms with Gasteiger partial charge in [-0.15, -0.1) is 0 Å². The largest absolute Gasteiger partial charge is 0.417 e. The fourth-order valence-corrected chi connectivity index (χ4v) is 3.02. The van der Waals surface area contributed by atoms with Crippen LogP contribution in [0.2, 0.25) is 5.02 Å². The van der Waals surface area contributed by atoms with Gasteiger partial charge in [-0.3, -0.25) is 9.59 Å². The predicted octanol–water partition coefficient (Wildman–Crippen LogP) is 4.09. The molecule has 24 heavy (non-hydrogen) atoms. The summed E-state index contributed by atoms with van der Waals surface area (Å²) >= 11 is 5.52. The van der Waals surface area contributed by atoms with Gasteiger partial charge in [-0.05, 0) is 31.0 Å². The maximum Gasteiger partial charge on any atom is 0.417 e. The lowest BCUT2D eigenvalue weighted by molar-refractivity contribution is -0.144. The monoisotopic (exact) mass is 362 g/mol. The number of rotatable bonds is 2. The Morgan fingerprint density at radius 2 is 1.83 bits per heavy atom. The van der Waals surface area contributed by atoms with Gasteiger partial charge in [0.15, 0.2) is 0 Å². The highest BCUT2D eigenvalue weighted by atomic mass is 35.5. The predicted molar refractivity (Wildman–Crippen MR) is 84.7 cm³/mol. The van der Waals surface area contributed by atoms with Crippen LogP contribution in [0, 0.1) is 0 Å². The number of amides is 2. The van der Waals surface area contributed by atoms with Gasteiger partial charge in [-0.1, -0.05) is 30.9 Å². The van der Waals surface area contributed by atoms with Gasteiger partial charge in [0.2, 0.25) is 0 Å². The van der Waals surface area contributed by atoms with E-state index in [-0.39, 0.29) is 11.7 Å². The van der Waals surface area contributed by atoms with E-state index in [2.05, 4.69) is 5.32 Å². The van der Waals surface area contributed by atoms with Crippen molar-refractivity contribution in [2.24, 2.45) is 0 Å². The molecule has 2 rings (SSSR count). The van der Waals surface area contributed by atoms with Crippen molar-refractivity contribution in [2.75, 3.05) is 12.4 Å². The Morgan fingerprint density at radius 3 is 2.42 bits per heavy atom. The Hall–Kier alpha value is -1.76. The van der Waals surface area contributed by atoms with E-state index in [0.717, 1.165) is 38.2 Å². The van der Waals surface area contributed by atoms with Gasteiger partial charge >= 0.3 is 18.0 Å². The molecule has 8 heteroatoms. The summed E-state index contributed by atoms with van der Waals surface area (Å²) in [5, 5.41) is 1.75. The van der Waals surface area contributed by atoms with Crippen LogP contribution in [-0.2, 0) is 15.8 Å². The quantitative estimate of drug-likeness (QED) is 0.806. The van der Waals surface area contributed by atoms with Gasteiger partial charge < -0.3 is 10.2 Å². The zero-order chi connectivity index (χ0) is 17.9. The van der Waals surface area contributed by atoms with Crippen molar-refractivity contribution in [3.8, 4) is 0 Å². The first-order valence-corrected chi connectivity index (χ1v) is 8.03. The van der Waals surface area contributed by atoms with Crippen LogP contribution in [0.3, 0.4) is 0 Å². The molecule has 132 valence electrons. The van der Waals surface area contributed by atoms with E-state index < -0.39 is 28.6 Å². The number of benzene rings is 1. The van der Waals surface area contributed by atoms with E-state index in [1.54, 1.807) is 7.05 Å². The van der Waals surface area contributed by atoms with Crippen LogP contribution in [0.25, 0.3) is 0 Å². The standard InChI is InChI=1S/C16H18ClF3N2O2/c1-22(11-5-3-2-4-6-11)15(24)14(23)21-10-7-8-13(17)12(9-10)16(18,19)20/h7-9,11H,2-6H2,1H3,(H,21,23). The maximum absolute atomic E-state index is 12.8. The summed E-state index contributed by atoms with van der Waals surface area (Å²) in [5.41, 5.74) is -1.18. The fraction of sp³-hybridized carbons (Fsp3) is 0.500. The van der Waals surface area contributed by atoms with Crippen molar-refractivity contribution < 1.29 is 22.8 Å². The van der Waals surface area contributed by atoms with E-state index in [9.17, 15) is 22.8 Å². The molecule has 0 spiro atoms. The van der Waals surface area contributed by atoms with E-state index >= 15 is 0 Å². The first-order valence-electron chi connectivity index (χ1n) is 7.65. The highest BCUT2D eigenvalue weighted by molar-refractivity contribution is 6.39. The summed E-state index contributed by atoms with van der Waals surface area (Å²) < 4.78 is 38.5. The molecule has 1 aliphatic carbocycles. The van der Waals surface area contributed by atoms with Crippen molar-refractivity contribution in [1.29, 1.82) is 0 Å². The van der Waals surface area contributed by atoms with Crippen molar-refractivity contribution in [2.45, 2.75) is 44.3 Å². The van der Waals surface area contributed by atoms with Crippen molar-refractivity contribution in [3.05, 3.63) is 28.8 Å². The Labute approximate surface area is 143 Å². The molecule has 1 fully saturated rings. The number of alkyl halides is 3. The SMILES string of the molecule is CN(C(=O)C(=O)Nc1ccc(Cl)c(C(F)(F)F)c1)C1CCCCC1. The number of hydrogen-bond donors (Lipinski definition) is 1. The minimum atomic E-state index is -4.64. The number of halogens is 4. The molecular formula is C16H18ClF3N2O2. The van der Waals surface area contributed by atoms with Crippen LogP contribution >= 0.6 is 11.6 Å². The molecule has 1 N–H and O–H groups in total. The fourth-order valence-electron chi connectivity index (χ4n) is 2.80. The molecule has 0 aromatic heterocycles. The molecule has 1 aliphatic rings. The molecule has 0 aliphatic heterocycles. The van der Waals surface area contributed by atoms with Crippen LogP contribution in [0.1, 0.15) is 37.7 Å². The Morgan fingerprint density at radius 1 is 1.21 bits per heavy atom. The topological polar surface area (TPSA) is 49.4 Å². The Bertz CT molecular complexity index is 628. The number of carbonyl (C=O) groups excluding carboxylic acids is 2. The molecule has 0 saturated heterocycles. The molecule has 0 bridgehead atoms. The van der Waals surface area contributed by atoms with E-state index in [0.29, 0.717) is 6.07 Å². The molecule has 0 radical (unpaired) electrons. The molecule has 4 nitrogen and oxygen atoms in total. The molecule has 0 unspecified atom stereocenters. The van der Waals surface area contributed by atoms with E-state index in [4.69, 9.17) is 11.6 Å². The second-order valence-electron chi connectivity index (χ2n) is 5.85. The lowest BCUT2D eigenvalue weighted by Gasteiger charge is -2.30. The van der Waals surface area contributed by atoms with E-state index in [1.807, 2.05) is 0 Å². The number of likely N-dealkylation sites (N-methyl/N-ethyl adjacent to an activating group) is 1. The molecular weight excluding hydrogens is 345 g/mol. The lowest BCUT2D eigenvalue weighted by atomic mass is 9.94. The van der Waals surface area contributed by atoms with Crippen LogP contribution in [0.4, 0.5) is 18.9 Å². The number of anilines is 1. The lowest BCUT2D eigenvalue weighted by Crippen LogP contribution is -2.44. The average molecular weight is 363 g/mol. The van der Waals surface area contributed by atoms with Gasteiger partial charge in [-0.2, -0.15) is 13.2 Å². The number of carbonyl (C=O) groups is 2. The summed E-state index contributed by atoms with van der Waals surface area (Å²) in [5.74, 6) is -1.72. The summed E-state index contributed by atoms with van der Waals surface area (Å²) in [6.45, 7) is 0. The number of hydrogen-bond acceptors (Lipinski definition) is 2. The second-order valence-corrected chi connectivity index (χ2v) is 6.26. The number of nitrogens with one attached hydrogen (secondary N) is 1. The number of nitrogens with zero attached hydrogens (tertiary/aromatic N) is 1. The highest BCUT2D eigenvalue weighted by Crippen LogP contribution is 2.36. The molecule has 1 aromatic rings. The molecule has 1 saturated carbocycles. The Balaban J connectivity index is 2.07. The maximum atomic E-state index is 12.8. The zero-order valence-electron chi connectivity index (χ0n) is 13.1. The van der Waals surface area contributed by atoms with Crippen LogP contribution in [0.5, 0.6) is 0 Å². The molecule has 2 amide bonds. The normalized spacial score (nSPS) is 15.9. The third-order valence-electron chi connectivity index (χ3n) is 4.17. The highest BCUT2D eigenvalue weighted by Gasteiger charge is 2.34. The van der Waals surface area contributed by atoms with Gasteiger partial charge in [0.25, 0.3) is 0 Å². The van der Waals surface area contributed by atoms with Crippen LogP contribution < -0.4 is 5.32 Å². The Kier molecular flexibility index (Phi) is 5.74. The average Bonchev–Trinajstić information content (AvgIpc) is 2.55. The first kappa shape index (κ1) is 18.6. The summed E-state index contributed by atoms with van der Waals surface area (Å²) in [6.07, 6.45) is 0.117. The van der Waals surface area contributed by atoms with Gasteiger partial charge in [0.1, 0.15) is 0 Å². The summed E-state index contributed by atoms with van der Waals surface area (Å²) in [7, 11) is 1.54. The summed E-state index contributed by atoms with van der Waals surface area (Å²) in [6, 6.07) is 2.97. The minimum absolute atomic E-state index is 0.00652. The molecule has 0 heterocycles. The molecule has 0 atom stereocenters. The van der Waals surface area contributed by atoms with Crippen molar-refractivity contribution in [3.63, 3.8) is 0 Å². The van der Waals surface area contributed by atoms with Gasteiger partial charge in [0.05, 0.1) is 10.6 Å². The van der Waals surface area contributed by atoms with E-state index in [1.165, 1.54) is 11.0 Å². The van der Waals surface area contributed by atoms with Crippen molar-refractivity contribution >= 4 is 29.1 Å². The molecule has 1 aromatic carbocycles. The minimum Gasteiger partial charge on any atom is -0.335 e. The summed E-state index contributed by atoms with van der Waals surface area (Å²) in [4.78, 5) is 25.6. The third-order valence-corrected chi connectivity index (χ3v) is 4.50. The van der Waals surface area contributed by atoms with Crippen molar-refractivity contribution in [1.82, 2.24) is 4.90 Å². The van der Waals surface area contributed by atoms with Crippen LogP contribution in [-0.4, -0.2) is 29.8 Å².